The molecular weight excluding hydrogens is 266 g/mol. The van der Waals surface area contributed by atoms with Crippen LogP contribution >= 0.6 is 11.6 Å². The van der Waals surface area contributed by atoms with Gasteiger partial charge in [0.1, 0.15) is 0 Å². The molecule has 0 saturated heterocycles. The van der Waals surface area contributed by atoms with Crippen LogP contribution in [0.25, 0.3) is 0 Å². The number of anilines is 1. The Labute approximate surface area is 115 Å². The maximum atomic E-state index is 11.9. The van der Waals surface area contributed by atoms with Crippen molar-refractivity contribution in [2.75, 3.05) is 12.4 Å². The zero-order valence-corrected chi connectivity index (χ0v) is 11.0. The van der Waals surface area contributed by atoms with Gasteiger partial charge in [0.25, 0.3) is 5.91 Å². The van der Waals surface area contributed by atoms with Crippen LogP contribution in [0.3, 0.4) is 0 Å². The van der Waals surface area contributed by atoms with Crippen LogP contribution in [0.4, 0.5) is 5.82 Å². The molecule has 0 atom stereocenters. The maximum Gasteiger partial charge on any atom is 0.256 e. The number of amides is 1. The highest BCUT2D eigenvalue weighted by molar-refractivity contribution is 6.29. The number of carbonyl (C=O) groups excluding carboxylic acids is 1. The van der Waals surface area contributed by atoms with Gasteiger partial charge in [-0.2, -0.15) is 0 Å². The normalized spacial score (nSPS) is 10.2. The van der Waals surface area contributed by atoms with Gasteiger partial charge in [0, 0.05) is 12.7 Å². The van der Waals surface area contributed by atoms with E-state index in [2.05, 4.69) is 15.5 Å². The van der Waals surface area contributed by atoms with Gasteiger partial charge in [0.2, 0.25) is 0 Å². The number of hydrogen-bond acceptors (Lipinski definition) is 4. The maximum absolute atomic E-state index is 11.9. The Morgan fingerprint density at radius 3 is 2.53 bits per heavy atom. The summed E-state index contributed by atoms with van der Waals surface area (Å²) in [4.78, 5) is 11.9. The number of halogens is 1. The third-order valence-electron chi connectivity index (χ3n) is 2.40. The molecule has 0 unspecified atom stereocenters. The first-order valence-electron chi connectivity index (χ1n) is 5.57. The van der Waals surface area contributed by atoms with Crippen LogP contribution in [-0.4, -0.2) is 23.2 Å². The Kier molecular flexibility index (Phi) is 4.43. The van der Waals surface area contributed by atoms with Crippen LogP contribution in [0.2, 0.25) is 5.15 Å². The number of ether oxygens (including phenoxy) is 1. The van der Waals surface area contributed by atoms with E-state index < -0.39 is 0 Å². The predicted molar refractivity (Wildman–Crippen MR) is 72.2 cm³/mol. The number of nitrogens with zero attached hydrogens (tertiary/aromatic N) is 2. The standard InChI is InChI=1S/C13H12ClN3O2/c1-19-8-9-2-4-10(5-3-9)13(18)15-12-7-6-11(14)16-17-12/h2-7H,8H2,1H3,(H,15,17,18). The molecule has 1 aromatic heterocycles. The molecule has 1 aromatic carbocycles. The van der Waals surface area contributed by atoms with E-state index in [-0.39, 0.29) is 11.1 Å². The van der Waals surface area contributed by atoms with E-state index >= 15 is 0 Å². The molecular formula is C13H12ClN3O2. The first-order valence-corrected chi connectivity index (χ1v) is 5.95. The number of nitrogens with one attached hydrogen (secondary N) is 1. The highest BCUT2D eigenvalue weighted by Gasteiger charge is 2.07. The van der Waals surface area contributed by atoms with Gasteiger partial charge in [-0.1, -0.05) is 23.7 Å². The van der Waals surface area contributed by atoms with E-state index in [1.54, 1.807) is 31.4 Å². The smallest absolute Gasteiger partial charge is 0.256 e. The topological polar surface area (TPSA) is 64.1 Å². The minimum Gasteiger partial charge on any atom is -0.380 e. The van der Waals surface area contributed by atoms with E-state index in [0.29, 0.717) is 18.0 Å². The summed E-state index contributed by atoms with van der Waals surface area (Å²) in [6, 6.07) is 10.3. The number of hydrogen-bond donors (Lipinski definition) is 1. The monoisotopic (exact) mass is 277 g/mol. The van der Waals surface area contributed by atoms with Gasteiger partial charge < -0.3 is 10.1 Å². The molecule has 0 aliphatic heterocycles. The Balaban J connectivity index is 2.05. The zero-order valence-electron chi connectivity index (χ0n) is 10.3. The van der Waals surface area contributed by atoms with Gasteiger partial charge in [0.15, 0.2) is 11.0 Å². The summed E-state index contributed by atoms with van der Waals surface area (Å²) in [6.45, 7) is 0.518. The van der Waals surface area contributed by atoms with Gasteiger partial charge in [-0.25, -0.2) is 0 Å². The second-order valence-corrected chi connectivity index (χ2v) is 4.21. The summed E-state index contributed by atoms with van der Waals surface area (Å²) >= 11 is 5.61. The average Bonchev–Trinajstić information content (AvgIpc) is 2.42. The number of aromatic nitrogens is 2. The first-order chi connectivity index (χ1) is 9.19. The minimum atomic E-state index is -0.249. The second kappa shape index (κ2) is 6.26. The van der Waals surface area contributed by atoms with Crippen LogP contribution in [0.1, 0.15) is 15.9 Å². The summed E-state index contributed by atoms with van der Waals surface area (Å²) < 4.78 is 5.00. The van der Waals surface area contributed by atoms with Crippen LogP contribution in [0.5, 0.6) is 0 Å². The summed E-state index contributed by atoms with van der Waals surface area (Å²) in [5, 5.41) is 10.3. The van der Waals surface area contributed by atoms with Crippen LogP contribution in [0.15, 0.2) is 36.4 Å². The largest absolute Gasteiger partial charge is 0.380 e. The molecule has 0 saturated carbocycles. The first kappa shape index (κ1) is 13.5. The van der Waals surface area contributed by atoms with Crippen LogP contribution in [-0.2, 0) is 11.3 Å². The molecule has 6 heteroatoms. The third-order valence-corrected chi connectivity index (χ3v) is 2.60. The van der Waals surface area contributed by atoms with E-state index in [1.807, 2.05) is 12.1 Å². The van der Waals surface area contributed by atoms with Crippen molar-refractivity contribution in [3.05, 3.63) is 52.7 Å². The van der Waals surface area contributed by atoms with Crippen molar-refractivity contribution in [2.24, 2.45) is 0 Å². The quantitative estimate of drug-likeness (QED) is 0.933. The third kappa shape index (κ3) is 3.74. The van der Waals surface area contributed by atoms with Crippen molar-refractivity contribution < 1.29 is 9.53 Å². The molecule has 0 fully saturated rings. The second-order valence-electron chi connectivity index (χ2n) is 3.83. The molecule has 1 N–H and O–H groups in total. The minimum absolute atomic E-state index is 0.249. The van der Waals surface area contributed by atoms with Gasteiger partial charge in [0.05, 0.1) is 6.61 Å². The van der Waals surface area contributed by atoms with Crippen LogP contribution < -0.4 is 5.32 Å². The van der Waals surface area contributed by atoms with Crippen molar-refractivity contribution in [1.82, 2.24) is 10.2 Å². The molecule has 0 aliphatic carbocycles. The molecule has 98 valence electrons. The summed E-state index contributed by atoms with van der Waals surface area (Å²) in [6.07, 6.45) is 0. The number of methoxy groups -OCH3 is 1. The molecule has 1 amide bonds. The molecule has 1 heterocycles. The van der Waals surface area contributed by atoms with Gasteiger partial charge in [-0.3, -0.25) is 4.79 Å². The zero-order chi connectivity index (χ0) is 13.7. The Morgan fingerprint density at radius 1 is 1.21 bits per heavy atom. The van der Waals surface area contributed by atoms with Gasteiger partial charge >= 0.3 is 0 Å². The summed E-state index contributed by atoms with van der Waals surface area (Å²) in [5.41, 5.74) is 1.54. The van der Waals surface area contributed by atoms with Crippen molar-refractivity contribution in [2.45, 2.75) is 6.61 Å². The summed E-state index contributed by atoms with van der Waals surface area (Å²) in [5.74, 6) is 0.107. The SMILES string of the molecule is COCc1ccc(C(=O)Nc2ccc(Cl)nn2)cc1. The average molecular weight is 278 g/mol. The lowest BCUT2D eigenvalue weighted by Gasteiger charge is -2.05. The number of rotatable bonds is 4. The predicted octanol–water partition coefficient (Wildman–Crippen LogP) is 2.53. The molecule has 2 rings (SSSR count). The Bertz CT molecular complexity index is 555. The lowest BCUT2D eigenvalue weighted by Crippen LogP contribution is -2.13. The number of carbonyl (C=O) groups is 1. The lowest BCUT2D eigenvalue weighted by atomic mass is 10.1. The molecule has 19 heavy (non-hydrogen) atoms. The van der Waals surface area contributed by atoms with Gasteiger partial charge in [-0.15, -0.1) is 10.2 Å². The summed E-state index contributed by atoms with van der Waals surface area (Å²) in [7, 11) is 1.62. The highest BCUT2D eigenvalue weighted by atomic mass is 35.5. The fourth-order valence-electron chi connectivity index (χ4n) is 1.49. The van der Waals surface area contributed by atoms with Crippen molar-refractivity contribution in [3.63, 3.8) is 0 Å². The lowest BCUT2D eigenvalue weighted by molar-refractivity contribution is 0.102. The van der Waals surface area contributed by atoms with Gasteiger partial charge in [-0.05, 0) is 29.8 Å². The number of benzene rings is 1. The fourth-order valence-corrected chi connectivity index (χ4v) is 1.59. The van der Waals surface area contributed by atoms with Crippen LogP contribution in [0, 0.1) is 0 Å². The van der Waals surface area contributed by atoms with E-state index in [9.17, 15) is 4.79 Å². The Hall–Kier alpha value is -1.98. The Morgan fingerprint density at radius 2 is 1.95 bits per heavy atom. The van der Waals surface area contributed by atoms with Crippen molar-refractivity contribution in [3.8, 4) is 0 Å². The molecule has 0 radical (unpaired) electrons. The van der Waals surface area contributed by atoms with E-state index in [1.165, 1.54) is 0 Å². The molecule has 0 aliphatic rings. The molecule has 2 aromatic rings. The van der Waals surface area contributed by atoms with Crippen molar-refractivity contribution in [1.29, 1.82) is 0 Å². The van der Waals surface area contributed by atoms with E-state index in [4.69, 9.17) is 16.3 Å². The van der Waals surface area contributed by atoms with E-state index in [0.717, 1.165) is 5.56 Å². The molecule has 0 bridgehead atoms. The molecule has 0 spiro atoms. The highest BCUT2D eigenvalue weighted by Crippen LogP contribution is 2.10. The van der Waals surface area contributed by atoms with Crippen molar-refractivity contribution >= 4 is 23.3 Å². The molecule has 5 nitrogen and oxygen atoms in total. The fraction of sp³-hybridized carbons (Fsp3) is 0.154.